The first-order valence-electron chi connectivity index (χ1n) is 2.60. The molecule has 0 saturated heterocycles. The number of thiol groups is 1. The summed E-state index contributed by atoms with van der Waals surface area (Å²) in [7, 11) is 0.0617. The Balaban J connectivity index is 2.27. The molecule has 1 heterocycles. The summed E-state index contributed by atoms with van der Waals surface area (Å²) in [6.45, 7) is 0. The highest BCUT2D eigenvalue weighted by Crippen LogP contribution is 2.31. The topological polar surface area (TPSA) is 0 Å². The summed E-state index contributed by atoms with van der Waals surface area (Å²) in [6, 6.07) is 0. The van der Waals surface area contributed by atoms with Crippen LogP contribution in [0.4, 0.5) is 0 Å². The van der Waals surface area contributed by atoms with Crippen LogP contribution < -0.4 is 0 Å². The summed E-state index contributed by atoms with van der Waals surface area (Å²) in [5, 5.41) is 4.47. The van der Waals surface area contributed by atoms with E-state index < -0.39 is 0 Å². The van der Waals surface area contributed by atoms with Crippen LogP contribution in [0.15, 0.2) is 23.0 Å². The van der Waals surface area contributed by atoms with E-state index in [1.807, 2.05) is 0 Å². The van der Waals surface area contributed by atoms with Gasteiger partial charge < -0.3 is 0 Å². The van der Waals surface area contributed by atoms with E-state index >= 15 is 0 Å². The van der Waals surface area contributed by atoms with Gasteiger partial charge in [0.2, 0.25) is 0 Å². The first-order chi connectivity index (χ1) is 3.93. The SMILES string of the molecule is ClCC[SH]1C=CC=C1. The molecule has 0 fully saturated rings. The van der Waals surface area contributed by atoms with Crippen LogP contribution in [-0.4, -0.2) is 11.6 Å². The summed E-state index contributed by atoms with van der Waals surface area (Å²) < 4.78 is 0. The van der Waals surface area contributed by atoms with E-state index in [0.29, 0.717) is 0 Å². The maximum absolute atomic E-state index is 5.53. The van der Waals surface area contributed by atoms with E-state index in [1.165, 1.54) is 0 Å². The molecule has 2 heteroatoms. The summed E-state index contributed by atoms with van der Waals surface area (Å²) >= 11 is 5.53. The minimum atomic E-state index is 0.0617. The van der Waals surface area contributed by atoms with Crippen LogP contribution >= 0.6 is 22.5 Å². The van der Waals surface area contributed by atoms with Gasteiger partial charge in [0.05, 0.1) is 0 Å². The molecule has 46 valence electrons. The Morgan fingerprint density at radius 3 is 2.38 bits per heavy atom. The van der Waals surface area contributed by atoms with E-state index in [2.05, 4.69) is 23.0 Å². The molecule has 0 aromatic carbocycles. The molecule has 1 rings (SSSR count). The highest BCUT2D eigenvalue weighted by atomic mass is 35.5. The van der Waals surface area contributed by atoms with Gasteiger partial charge in [0.15, 0.2) is 0 Å². The zero-order valence-corrected chi connectivity index (χ0v) is 6.20. The maximum Gasteiger partial charge on any atom is 0.0303 e. The van der Waals surface area contributed by atoms with Gasteiger partial charge in [-0.2, -0.15) is 0 Å². The second-order valence-corrected chi connectivity index (χ2v) is 4.06. The van der Waals surface area contributed by atoms with Crippen molar-refractivity contribution in [3.8, 4) is 0 Å². The van der Waals surface area contributed by atoms with Crippen LogP contribution in [0.3, 0.4) is 0 Å². The summed E-state index contributed by atoms with van der Waals surface area (Å²) in [6.07, 6.45) is 4.19. The van der Waals surface area contributed by atoms with Gasteiger partial charge in [-0.15, -0.1) is 11.6 Å². The van der Waals surface area contributed by atoms with Gasteiger partial charge in [0, 0.05) is 5.88 Å². The lowest BCUT2D eigenvalue weighted by Crippen LogP contribution is -1.80. The molecule has 0 atom stereocenters. The molecular weight excluding hydrogens is 140 g/mol. The minimum absolute atomic E-state index is 0.0617. The average molecular weight is 149 g/mol. The van der Waals surface area contributed by atoms with Crippen molar-refractivity contribution < 1.29 is 0 Å². The molecule has 8 heavy (non-hydrogen) atoms. The average Bonchev–Trinajstić information content (AvgIpc) is 2.19. The van der Waals surface area contributed by atoms with Crippen molar-refractivity contribution in [3.63, 3.8) is 0 Å². The van der Waals surface area contributed by atoms with Crippen molar-refractivity contribution in [2.24, 2.45) is 0 Å². The van der Waals surface area contributed by atoms with Gasteiger partial charge >= 0.3 is 0 Å². The normalized spacial score (nSPS) is 20.4. The predicted molar refractivity (Wildman–Crippen MR) is 42.9 cm³/mol. The summed E-state index contributed by atoms with van der Waals surface area (Å²) in [5.74, 6) is 1.93. The summed E-state index contributed by atoms with van der Waals surface area (Å²) in [5.41, 5.74) is 0. The molecule has 0 unspecified atom stereocenters. The summed E-state index contributed by atoms with van der Waals surface area (Å²) in [4.78, 5) is 0. The monoisotopic (exact) mass is 148 g/mol. The third-order valence-corrected chi connectivity index (χ3v) is 3.31. The van der Waals surface area contributed by atoms with Crippen LogP contribution in [0, 0.1) is 0 Å². The molecule has 0 saturated carbocycles. The van der Waals surface area contributed by atoms with Gasteiger partial charge in [-0.25, -0.2) is 10.9 Å². The lowest BCUT2D eigenvalue weighted by Gasteiger charge is -2.03. The fourth-order valence-electron chi connectivity index (χ4n) is 0.617. The first-order valence-corrected chi connectivity index (χ1v) is 4.80. The van der Waals surface area contributed by atoms with Gasteiger partial charge in [-0.05, 0) is 16.6 Å². The zero-order chi connectivity index (χ0) is 5.82. The first kappa shape index (κ1) is 6.24. The van der Waals surface area contributed by atoms with Crippen molar-refractivity contribution >= 4 is 22.5 Å². The van der Waals surface area contributed by atoms with Crippen LogP contribution in [-0.2, 0) is 0 Å². The van der Waals surface area contributed by atoms with E-state index in [9.17, 15) is 0 Å². The Morgan fingerprint density at radius 1 is 1.25 bits per heavy atom. The van der Waals surface area contributed by atoms with E-state index in [-0.39, 0.29) is 10.9 Å². The molecule has 0 aliphatic carbocycles. The largest absolute Gasteiger partial charge is 0.212 e. The van der Waals surface area contributed by atoms with Crippen LogP contribution in [0.5, 0.6) is 0 Å². The molecule has 0 aromatic rings. The van der Waals surface area contributed by atoms with Gasteiger partial charge in [-0.1, -0.05) is 12.2 Å². The number of halogens is 1. The molecule has 0 spiro atoms. The van der Waals surface area contributed by atoms with Crippen LogP contribution in [0.1, 0.15) is 0 Å². The van der Waals surface area contributed by atoms with Crippen molar-refractivity contribution in [2.45, 2.75) is 0 Å². The molecule has 0 amide bonds. The van der Waals surface area contributed by atoms with E-state index in [1.54, 1.807) is 0 Å². The lowest BCUT2D eigenvalue weighted by molar-refractivity contribution is 1.54. The number of alkyl halides is 1. The standard InChI is InChI=1S/C6H9ClS/c7-3-6-8-4-1-2-5-8/h1-2,4-5,8H,3,6H2. The molecule has 0 N–H and O–H groups in total. The highest BCUT2D eigenvalue weighted by molar-refractivity contribution is 8.22. The third kappa shape index (κ3) is 1.57. The predicted octanol–water partition coefficient (Wildman–Crippen LogP) is 2.27. The molecule has 0 nitrogen and oxygen atoms in total. The molecule has 1 aliphatic rings. The van der Waals surface area contributed by atoms with Gasteiger partial charge in [-0.3, -0.25) is 0 Å². The fourth-order valence-corrected chi connectivity index (χ4v) is 2.44. The Labute approximate surface area is 57.6 Å². The fraction of sp³-hybridized carbons (Fsp3) is 0.333. The molecule has 0 bridgehead atoms. The molecular formula is C6H9ClS. The Morgan fingerprint density at radius 2 is 1.88 bits per heavy atom. The Bertz CT molecular complexity index is 106. The minimum Gasteiger partial charge on any atom is -0.212 e. The zero-order valence-electron chi connectivity index (χ0n) is 4.55. The maximum atomic E-state index is 5.53. The second kappa shape index (κ2) is 3.21. The lowest BCUT2D eigenvalue weighted by atomic mass is 10.6. The van der Waals surface area contributed by atoms with Crippen LogP contribution in [0.25, 0.3) is 0 Å². The van der Waals surface area contributed by atoms with Crippen molar-refractivity contribution in [1.82, 2.24) is 0 Å². The quantitative estimate of drug-likeness (QED) is 0.451. The van der Waals surface area contributed by atoms with E-state index in [4.69, 9.17) is 11.6 Å². The van der Waals surface area contributed by atoms with Gasteiger partial charge in [0.25, 0.3) is 0 Å². The second-order valence-electron chi connectivity index (χ2n) is 1.61. The van der Waals surface area contributed by atoms with Crippen molar-refractivity contribution in [1.29, 1.82) is 0 Å². The number of rotatable bonds is 2. The smallest absolute Gasteiger partial charge is 0.0303 e. The molecule has 1 aliphatic heterocycles. The van der Waals surface area contributed by atoms with Gasteiger partial charge in [0.1, 0.15) is 0 Å². The Kier molecular flexibility index (Phi) is 2.50. The number of hydrogen-bond donors (Lipinski definition) is 1. The van der Waals surface area contributed by atoms with E-state index in [0.717, 1.165) is 11.6 Å². The Hall–Kier alpha value is 0.120. The highest BCUT2D eigenvalue weighted by Gasteiger charge is 1.94. The molecule has 0 aromatic heterocycles. The number of hydrogen-bond acceptors (Lipinski definition) is 0. The van der Waals surface area contributed by atoms with Crippen molar-refractivity contribution in [3.05, 3.63) is 23.0 Å². The van der Waals surface area contributed by atoms with Crippen molar-refractivity contribution in [2.75, 3.05) is 11.6 Å². The third-order valence-electron chi connectivity index (χ3n) is 1.01. The molecule has 0 radical (unpaired) electrons. The van der Waals surface area contributed by atoms with Crippen LogP contribution in [0.2, 0.25) is 0 Å². The number of allylic oxidation sites excluding steroid dienone is 2.